The summed E-state index contributed by atoms with van der Waals surface area (Å²) in [6, 6.07) is 14.5. The molecule has 2 rings (SSSR count). The van der Waals surface area contributed by atoms with Crippen LogP contribution >= 0.6 is 11.3 Å². The summed E-state index contributed by atoms with van der Waals surface area (Å²) in [4.78, 5) is 17.2. The molecule has 0 saturated carbocycles. The Hall–Kier alpha value is -1.65. The monoisotopic (exact) mass is 330 g/mol. The topological polar surface area (TPSA) is 46.3 Å². The Balaban J connectivity index is 1.85. The molecule has 0 radical (unpaired) electrons. The molecule has 0 atom stereocenters. The maximum atomic E-state index is 12.5. The van der Waals surface area contributed by atoms with Crippen LogP contribution in [0, 0.1) is 6.92 Å². The van der Waals surface area contributed by atoms with E-state index in [1.54, 1.807) is 0 Å². The zero-order valence-electron chi connectivity index (χ0n) is 13.8. The number of hydrogen-bond acceptors (Lipinski definition) is 3. The van der Waals surface area contributed by atoms with Gasteiger partial charge >= 0.3 is 0 Å². The minimum absolute atomic E-state index is 0.232. The Morgan fingerprint density at radius 2 is 1.91 bits per heavy atom. The summed E-state index contributed by atoms with van der Waals surface area (Å²) in [7, 11) is 0. The van der Waals surface area contributed by atoms with Gasteiger partial charge in [0.1, 0.15) is 0 Å². The third-order valence-corrected chi connectivity index (χ3v) is 4.87. The minimum Gasteiger partial charge on any atom is -0.338 e. The average molecular weight is 330 g/mol. The Kier molecular flexibility index (Phi) is 7.30. The van der Waals surface area contributed by atoms with Gasteiger partial charge in [0.2, 0.25) is 5.91 Å². The Morgan fingerprint density at radius 3 is 2.57 bits per heavy atom. The molecule has 4 heteroatoms. The van der Waals surface area contributed by atoms with Gasteiger partial charge in [0.15, 0.2) is 0 Å². The van der Waals surface area contributed by atoms with E-state index >= 15 is 0 Å². The van der Waals surface area contributed by atoms with Gasteiger partial charge in [-0.15, -0.1) is 11.3 Å². The number of nitrogens with zero attached hydrogens (tertiary/aromatic N) is 1. The van der Waals surface area contributed by atoms with E-state index < -0.39 is 0 Å². The predicted octanol–water partition coefficient (Wildman–Crippen LogP) is 3.76. The molecule has 0 aliphatic rings. The van der Waals surface area contributed by atoms with Gasteiger partial charge in [-0.2, -0.15) is 0 Å². The summed E-state index contributed by atoms with van der Waals surface area (Å²) in [6.07, 6.45) is 3.35. The highest BCUT2D eigenvalue weighted by molar-refractivity contribution is 7.11. The summed E-state index contributed by atoms with van der Waals surface area (Å²) in [5.41, 5.74) is 6.79. The van der Waals surface area contributed by atoms with Crippen LogP contribution in [0.2, 0.25) is 0 Å². The van der Waals surface area contributed by atoms with Crippen LogP contribution < -0.4 is 5.73 Å². The first-order valence-corrected chi connectivity index (χ1v) is 9.08. The van der Waals surface area contributed by atoms with Crippen molar-refractivity contribution in [2.75, 3.05) is 13.1 Å². The maximum Gasteiger partial charge on any atom is 0.222 e. The summed E-state index contributed by atoms with van der Waals surface area (Å²) < 4.78 is 0. The summed E-state index contributed by atoms with van der Waals surface area (Å²) in [5, 5.41) is 0. The van der Waals surface area contributed by atoms with E-state index in [9.17, 15) is 4.79 Å². The van der Waals surface area contributed by atoms with Crippen molar-refractivity contribution in [2.24, 2.45) is 5.73 Å². The van der Waals surface area contributed by atoms with E-state index in [0.717, 1.165) is 25.8 Å². The number of aryl methyl sites for hydroxylation is 2. The van der Waals surface area contributed by atoms with Crippen molar-refractivity contribution in [3.63, 3.8) is 0 Å². The van der Waals surface area contributed by atoms with Crippen molar-refractivity contribution in [3.8, 4) is 0 Å². The number of amides is 1. The largest absolute Gasteiger partial charge is 0.338 e. The number of hydrogen-bond donors (Lipinski definition) is 1. The molecule has 0 bridgehead atoms. The first kappa shape index (κ1) is 17.7. The van der Waals surface area contributed by atoms with Gasteiger partial charge in [-0.3, -0.25) is 4.79 Å². The molecule has 0 fully saturated rings. The van der Waals surface area contributed by atoms with Crippen LogP contribution in [0.3, 0.4) is 0 Å². The van der Waals surface area contributed by atoms with Gasteiger partial charge in [0.25, 0.3) is 0 Å². The first-order valence-electron chi connectivity index (χ1n) is 8.26. The average Bonchev–Trinajstić information content (AvgIpc) is 2.97. The molecule has 124 valence electrons. The van der Waals surface area contributed by atoms with Crippen LogP contribution in [0.4, 0.5) is 0 Å². The quantitative estimate of drug-likeness (QED) is 0.761. The Bertz CT molecular complexity index is 594. The molecule has 2 aromatic rings. The Labute approximate surface area is 143 Å². The molecule has 2 N–H and O–H groups in total. The lowest BCUT2D eigenvalue weighted by molar-refractivity contribution is -0.132. The van der Waals surface area contributed by atoms with E-state index in [-0.39, 0.29) is 5.91 Å². The van der Waals surface area contributed by atoms with Crippen molar-refractivity contribution in [2.45, 2.75) is 39.2 Å². The zero-order valence-corrected chi connectivity index (χ0v) is 14.6. The van der Waals surface area contributed by atoms with Crippen molar-refractivity contribution in [1.29, 1.82) is 0 Å². The van der Waals surface area contributed by atoms with Crippen molar-refractivity contribution >= 4 is 17.2 Å². The van der Waals surface area contributed by atoms with Crippen LogP contribution in [0.15, 0.2) is 42.5 Å². The second-order valence-corrected chi connectivity index (χ2v) is 7.18. The van der Waals surface area contributed by atoms with Crippen LogP contribution in [-0.4, -0.2) is 23.9 Å². The van der Waals surface area contributed by atoms with Crippen LogP contribution in [0.1, 0.15) is 34.6 Å². The first-order chi connectivity index (χ1) is 11.2. The van der Waals surface area contributed by atoms with Crippen LogP contribution in [0.5, 0.6) is 0 Å². The third kappa shape index (κ3) is 6.16. The molecule has 0 unspecified atom stereocenters. The van der Waals surface area contributed by atoms with Gasteiger partial charge in [0.05, 0.1) is 0 Å². The van der Waals surface area contributed by atoms with Crippen LogP contribution in [0.25, 0.3) is 0 Å². The lowest BCUT2D eigenvalue weighted by atomic mass is 10.1. The van der Waals surface area contributed by atoms with Gasteiger partial charge < -0.3 is 10.6 Å². The number of thiophene rings is 1. The fourth-order valence-electron chi connectivity index (χ4n) is 2.57. The molecule has 23 heavy (non-hydrogen) atoms. The number of carbonyl (C=O) groups is 1. The second kappa shape index (κ2) is 9.48. The van der Waals surface area contributed by atoms with Crippen molar-refractivity contribution in [1.82, 2.24) is 4.90 Å². The van der Waals surface area contributed by atoms with Crippen LogP contribution in [-0.2, 0) is 17.8 Å². The molecule has 1 aromatic carbocycles. The molecule has 0 saturated heterocycles. The molecule has 0 aliphatic carbocycles. The SMILES string of the molecule is Cc1ccc(CCCC(=O)N(CCCN)Cc2ccccc2)s1. The highest BCUT2D eigenvalue weighted by Gasteiger charge is 2.13. The Morgan fingerprint density at radius 1 is 1.13 bits per heavy atom. The van der Waals surface area contributed by atoms with Gasteiger partial charge in [0, 0.05) is 29.3 Å². The number of rotatable bonds is 9. The minimum atomic E-state index is 0.232. The standard InChI is InChI=1S/C19H26N2OS/c1-16-11-12-18(23-16)9-5-10-19(22)21(14-6-13-20)15-17-7-3-2-4-8-17/h2-4,7-8,11-12H,5-6,9-10,13-15,20H2,1H3. The van der Waals surface area contributed by atoms with E-state index in [1.807, 2.05) is 34.4 Å². The second-order valence-electron chi connectivity index (χ2n) is 5.81. The van der Waals surface area contributed by atoms with Gasteiger partial charge in [-0.1, -0.05) is 30.3 Å². The lowest BCUT2D eigenvalue weighted by Crippen LogP contribution is -2.32. The van der Waals surface area contributed by atoms with E-state index in [2.05, 4.69) is 31.2 Å². The fraction of sp³-hybridized carbons (Fsp3) is 0.421. The normalized spacial score (nSPS) is 10.7. The van der Waals surface area contributed by atoms with E-state index in [0.29, 0.717) is 19.5 Å². The highest BCUT2D eigenvalue weighted by atomic mass is 32.1. The van der Waals surface area contributed by atoms with Crippen molar-refractivity contribution in [3.05, 3.63) is 57.8 Å². The van der Waals surface area contributed by atoms with E-state index in [4.69, 9.17) is 5.73 Å². The third-order valence-electron chi connectivity index (χ3n) is 3.81. The fourth-order valence-corrected chi connectivity index (χ4v) is 3.50. The lowest BCUT2D eigenvalue weighted by Gasteiger charge is -2.22. The molecule has 0 aliphatic heterocycles. The smallest absolute Gasteiger partial charge is 0.222 e. The highest BCUT2D eigenvalue weighted by Crippen LogP contribution is 2.18. The molecule has 1 aromatic heterocycles. The molecule has 0 spiro atoms. The summed E-state index contributed by atoms with van der Waals surface area (Å²) >= 11 is 1.82. The molecule has 3 nitrogen and oxygen atoms in total. The number of benzene rings is 1. The number of carbonyl (C=O) groups excluding carboxylic acids is 1. The molecular weight excluding hydrogens is 304 g/mol. The molecule has 1 amide bonds. The van der Waals surface area contributed by atoms with Gasteiger partial charge in [-0.05, 0) is 50.4 Å². The van der Waals surface area contributed by atoms with Gasteiger partial charge in [-0.25, -0.2) is 0 Å². The summed E-state index contributed by atoms with van der Waals surface area (Å²) in [6.45, 7) is 4.15. The zero-order chi connectivity index (χ0) is 16.5. The maximum absolute atomic E-state index is 12.5. The molecular formula is C19H26N2OS. The summed E-state index contributed by atoms with van der Waals surface area (Å²) in [5.74, 6) is 0.232. The van der Waals surface area contributed by atoms with Crippen molar-refractivity contribution < 1.29 is 4.79 Å². The number of nitrogens with two attached hydrogens (primary N) is 1. The predicted molar refractivity (Wildman–Crippen MR) is 97.5 cm³/mol. The van der Waals surface area contributed by atoms with E-state index in [1.165, 1.54) is 15.3 Å². The molecule has 1 heterocycles.